The largest absolute Gasteiger partial charge is 0.341 e. The lowest BCUT2D eigenvalue weighted by molar-refractivity contribution is 0.0738. The smallest absolute Gasteiger partial charge is 0.121 e. The van der Waals surface area contributed by atoms with Gasteiger partial charge in [0.2, 0.25) is 0 Å². The van der Waals surface area contributed by atoms with Crippen molar-refractivity contribution in [2.75, 3.05) is 0 Å². The molecule has 1 atom stereocenters. The Hall–Kier alpha value is -3.09. The van der Waals surface area contributed by atoms with Crippen molar-refractivity contribution in [3.05, 3.63) is 89.8 Å². The first-order valence-corrected chi connectivity index (χ1v) is 13.1. The number of rotatable bonds is 7. The molecule has 2 aliphatic carbocycles. The highest BCUT2D eigenvalue weighted by atomic mass is 15.2. The van der Waals surface area contributed by atoms with Gasteiger partial charge in [0.25, 0.3) is 0 Å². The second-order valence-corrected chi connectivity index (χ2v) is 10.0. The predicted molar refractivity (Wildman–Crippen MR) is 139 cm³/mol. The zero-order valence-corrected chi connectivity index (χ0v) is 20.2. The van der Waals surface area contributed by atoms with E-state index in [4.69, 9.17) is 9.97 Å². The Balaban J connectivity index is 1.14. The lowest BCUT2D eigenvalue weighted by atomic mass is 9.85. The number of H-pyrrole nitrogens is 1. The van der Waals surface area contributed by atoms with E-state index >= 15 is 0 Å². The van der Waals surface area contributed by atoms with Crippen LogP contribution in [0.15, 0.2) is 67.0 Å². The van der Waals surface area contributed by atoms with Gasteiger partial charge in [-0.15, -0.1) is 0 Å². The van der Waals surface area contributed by atoms with Gasteiger partial charge in [-0.3, -0.25) is 14.9 Å². The summed E-state index contributed by atoms with van der Waals surface area (Å²) in [5, 5.41) is 3.77. The third-order valence-corrected chi connectivity index (χ3v) is 7.80. The van der Waals surface area contributed by atoms with Gasteiger partial charge < -0.3 is 10.3 Å². The summed E-state index contributed by atoms with van der Waals surface area (Å²) in [7, 11) is 0. The molecular weight excluding hydrogens is 432 g/mol. The van der Waals surface area contributed by atoms with E-state index < -0.39 is 0 Å². The zero-order valence-electron chi connectivity index (χ0n) is 20.2. The van der Waals surface area contributed by atoms with Gasteiger partial charge in [0, 0.05) is 31.0 Å². The summed E-state index contributed by atoms with van der Waals surface area (Å²) in [6, 6.07) is 20.3. The fraction of sp³-hybridized carbons (Fsp3) is 0.414. The molecule has 2 N–H and O–H groups in total. The van der Waals surface area contributed by atoms with Crippen LogP contribution >= 0.6 is 0 Å². The molecular formula is C29H34N6. The van der Waals surface area contributed by atoms with E-state index in [1.54, 1.807) is 0 Å². The molecule has 180 valence electrons. The van der Waals surface area contributed by atoms with E-state index in [2.05, 4.69) is 62.6 Å². The lowest BCUT2D eigenvalue weighted by Gasteiger charge is -2.43. The molecule has 1 fully saturated rings. The minimum atomic E-state index is 0.381. The van der Waals surface area contributed by atoms with Crippen molar-refractivity contribution in [2.45, 2.75) is 76.2 Å². The first-order valence-electron chi connectivity index (χ1n) is 13.1. The number of fused-ring (bicyclic) bond motifs is 2. The van der Waals surface area contributed by atoms with Crippen LogP contribution in [0.1, 0.15) is 67.3 Å². The molecule has 2 aliphatic rings. The molecule has 6 nitrogen and oxygen atoms in total. The Kier molecular flexibility index (Phi) is 6.56. The fourth-order valence-corrected chi connectivity index (χ4v) is 6.02. The van der Waals surface area contributed by atoms with Crippen LogP contribution in [0.2, 0.25) is 0 Å². The summed E-state index contributed by atoms with van der Waals surface area (Å²) >= 11 is 0. The molecule has 0 spiro atoms. The number of imidazole rings is 1. The Morgan fingerprint density at radius 3 is 2.60 bits per heavy atom. The highest BCUT2D eigenvalue weighted by molar-refractivity contribution is 5.74. The van der Waals surface area contributed by atoms with E-state index in [0.717, 1.165) is 42.1 Å². The highest BCUT2D eigenvalue weighted by Gasteiger charge is 2.34. The van der Waals surface area contributed by atoms with Crippen LogP contribution in [0.4, 0.5) is 0 Å². The maximum Gasteiger partial charge on any atom is 0.121 e. The van der Waals surface area contributed by atoms with E-state index in [0.29, 0.717) is 18.1 Å². The summed E-state index contributed by atoms with van der Waals surface area (Å²) in [6.45, 7) is 1.69. The van der Waals surface area contributed by atoms with Gasteiger partial charge in [-0.05, 0) is 80.8 Å². The third-order valence-electron chi connectivity index (χ3n) is 7.80. The molecule has 35 heavy (non-hydrogen) atoms. The standard InChI is InChI=1S/C29H34N6/c1-2-11-26-25(10-1)33-28(34-26)19-32-22-13-15-24(16-14-22)35(20-23-9-3-4-17-30-23)27-12-5-7-21-8-6-18-31-29(21)27/h1-4,6,8-11,17-18,22,24,27,32H,5,7,12-16,19-20H2,(H,33,34)/t22-,24-,27?. The fourth-order valence-electron chi connectivity index (χ4n) is 6.02. The summed E-state index contributed by atoms with van der Waals surface area (Å²) in [6.07, 6.45) is 12.2. The second kappa shape index (κ2) is 10.3. The molecule has 0 bridgehead atoms. The van der Waals surface area contributed by atoms with Crippen molar-refractivity contribution in [3.8, 4) is 0 Å². The number of hydrogen-bond donors (Lipinski definition) is 2. The van der Waals surface area contributed by atoms with Gasteiger partial charge in [0.1, 0.15) is 5.82 Å². The number of nitrogens with one attached hydrogen (secondary N) is 2. The first-order chi connectivity index (χ1) is 17.3. The Bertz CT molecular complexity index is 1210. The minimum Gasteiger partial charge on any atom is -0.341 e. The molecule has 1 aromatic carbocycles. The number of aryl methyl sites for hydroxylation is 1. The maximum atomic E-state index is 4.87. The van der Waals surface area contributed by atoms with Crippen LogP contribution in [0.5, 0.6) is 0 Å². The first kappa shape index (κ1) is 22.4. The Morgan fingerprint density at radius 1 is 0.886 bits per heavy atom. The SMILES string of the molecule is c1ccc(CN(C2CCCc3cccnc32)[C@H]2CC[C@H](NCc3nc4ccccc4[nH]3)CC2)nc1. The monoisotopic (exact) mass is 466 g/mol. The Labute approximate surface area is 207 Å². The van der Waals surface area contributed by atoms with Gasteiger partial charge >= 0.3 is 0 Å². The maximum absolute atomic E-state index is 4.87. The lowest BCUT2D eigenvalue weighted by Crippen LogP contribution is -2.44. The number of aromatic amines is 1. The highest BCUT2D eigenvalue weighted by Crippen LogP contribution is 2.38. The third kappa shape index (κ3) is 5.00. The van der Waals surface area contributed by atoms with Crippen molar-refractivity contribution < 1.29 is 0 Å². The van der Waals surface area contributed by atoms with E-state index in [1.165, 1.54) is 49.8 Å². The van der Waals surface area contributed by atoms with Crippen molar-refractivity contribution >= 4 is 11.0 Å². The number of aromatic nitrogens is 4. The van der Waals surface area contributed by atoms with Gasteiger partial charge in [-0.25, -0.2) is 4.98 Å². The topological polar surface area (TPSA) is 69.7 Å². The quantitative estimate of drug-likeness (QED) is 0.385. The summed E-state index contributed by atoms with van der Waals surface area (Å²) in [5.41, 5.74) is 6.02. The predicted octanol–water partition coefficient (Wildman–Crippen LogP) is 5.33. The van der Waals surface area contributed by atoms with Crippen molar-refractivity contribution in [3.63, 3.8) is 0 Å². The van der Waals surface area contributed by atoms with Crippen LogP contribution in [-0.4, -0.2) is 36.9 Å². The van der Waals surface area contributed by atoms with Gasteiger partial charge in [0.05, 0.1) is 35.0 Å². The van der Waals surface area contributed by atoms with E-state index in [1.807, 2.05) is 24.5 Å². The number of para-hydroxylation sites is 2. The van der Waals surface area contributed by atoms with E-state index in [-0.39, 0.29) is 0 Å². The summed E-state index contributed by atoms with van der Waals surface area (Å²) < 4.78 is 0. The molecule has 1 unspecified atom stereocenters. The second-order valence-electron chi connectivity index (χ2n) is 10.0. The van der Waals surface area contributed by atoms with Crippen molar-refractivity contribution in [1.82, 2.24) is 30.2 Å². The molecule has 3 heterocycles. The molecule has 0 aliphatic heterocycles. The average molecular weight is 467 g/mol. The van der Waals surface area contributed by atoms with Crippen molar-refractivity contribution in [1.29, 1.82) is 0 Å². The number of nitrogens with zero attached hydrogens (tertiary/aromatic N) is 4. The van der Waals surface area contributed by atoms with Crippen LogP contribution in [-0.2, 0) is 19.5 Å². The molecule has 6 rings (SSSR count). The molecule has 0 radical (unpaired) electrons. The molecule has 1 saturated carbocycles. The van der Waals surface area contributed by atoms with Gasteiger partial charge in [0.15, 0.2) is 0 Å². The van der Waals surface area contributed by atoms with Crippen LogP contribution in [0.25, 0.3) is 11.0 Å². The minimum absolute atomic E-state index is 0.381. The number of hydrogen-bond acceptors (Lipinski definition) is 5. The summed E-state index contributed by atoms with van der Waals surface area (Å²) in [4.78, 5) is 20.4. The zero-order chi connectivity index (χ0) is 23.5. The average Bonchev–Trinajstić information content (AvgIpc) is 3.34. The molecule has 3 aromatic heterocycles. The van der Waals surface area contributed by atoms with Crippen molar-refractivity contribution in [2.24, 2.45) is 0 Å². The molecule has 0 amide bonds. The van der Waals surface area contributed by atoms with Crippen LogP contribution in [0.3, 0.4) is 0 Å². The Morgan fingerprint density at radius 2 is 1.74 bits per heavy atom. The van der Waals surface area contributed by atoms with Crippen LogP contribution < -0.4 is 5.32 Å². The molecule has 0 saturated heterocycles. The van der Waals surface area contributed by atoms with E-state index in [9.17, 15) is 0 Å². The van der Waals surface area contributed by atoms with Gasteiger partial charge in [-0.2, -0.15) is 0 Å². The van der Waals surface area contributed by atoms with Crippen LogP contribution in [0, 0.1) is 0 Å². The normalized spacial score (nSPS) is 22.4. The number of benzene rings is 1. The summed E-state index contributed by atoms with van der Waals surface area (Å²) in [5.74, 6) is 1.02. The number of pyridine rings is 2. The van der Waals surface area contributed by atoms with Gasteiger partial charge in [-0.1, -0.05) is 24.3 Å². The molecule has 6 heteroatoms. The molecule has 4 aromatic rings.